The summed E-state index contributed by atoms with van der Waals surface area (Å²) in [5.74, 6) is 7.74. The minimum absolute atomic E-state index is 0.0136. The first-order chi connectivity index (χ1) is 23.7. The summed E-state index contributed by atoms with van der Waals surface area (Å²) in [6.45, 7) is 27.5. The first-order valence-corrected chi connectivity index (χ1v) is 21.2. The van der Waals surface area contributed by atoms with E-state index in [0.717, 1.165) is 74.5 Å². The highest BCUT2D eigenvalue weighted by Crippen LogP contribution is 2.65. The molecular formula is C45H80O6. The highest BCUT2D eigenvalue weighted by atomic mass is 16.6. The Morgan fingerprint density at radius 3 is 1.73 bits per heavy atom. The van der Waals surface area contributed by atoms with Gasteiger partial charge in [0.15, 0.2) is 0 Å². The Hall–Kier alpha value is -1.59. The Morgan fingerprint density at radius 2 is 1.20 bits per heavy atom. The molecular weight excluding hydrogens is 636 g/mol. The number of carbonyl (C=O) groups excluding carboxylic acids is 3. The second kappa shape index (κ2) is 18.2. The lowest BCUT2D eigenvalue weighted by molar-refractivity contribution is -0.163. The smallest absolute Gasteiger partial charge is 0.311 e. The average molecular weight is 717 g/mol. The van der Waals surface area contributed by atoms with Crippen molar-refractivity contribution in [2.45, 2.75) is 185 Å². The van der Waals surface area contributed by atoms with Crippen molar-refractivity contribution in [3.05, 3.63) is 0 Å². The molecule has 51 heavy (non-hydrogen) atoms. The molecule has 5 saturated carbocycles. The van der Waals surface area contributed by atoms with E-state index in [2.05, 4.69) is 48.5 Å². The molecule has 0 spiro atoms. The summed E-state index contributed by atoms with van der Waals surface area (Å²) in [4.78, 5) is 36.4. The minimum atomic E-state index is -0.348. The zero-order chi connectivity index (χ0) is 38.5. The van der Waals surface area contributed by atoms with Crippen molar-refractivity contribution in [2.24, 2.45) is 76.4 Å². The topological polar surface area (TPSA) is 78.9 Å². The van der Waals surface area contributed by atoms with Gasteiger partial charge in [-0.3, -0.25) is 14.4 Å². The van der Waals surface area contributed by atoms with Gasteiger partial charge in [-0.25, -0.2) is 0 Å². The maximum Gasteiger partial charge on any atom is 0.311 e. The van der Waals surface area contributed by atoms with Gasteiger partial charge in [0.1, 0.15) is 11.2 Å². The molecule has 5 fully saturated rings. The van der Waals surface area contributed by atoms with E-state index in [1.54, 1.807) is 0 Å². The van der Waals surface area contributed by atoms with Gasteiger partial charge in [-0.05, 0) is 165 Å². The summed E-state index contributed by atoms with van der Waals surface area (Å²) in [7, 11) is 1.50. The fourth-order valence-corrected chi connectivity index (χ4v) is 11.8. The standard InChI is InChI=1S/C19H32O2.C14H26O2.C12H22O2/c1-6-7-12-8-11(2)16-13-9-14(17(12)16)15(10-13)18(20)21-19(3,4)5;1-6-7-11-8-10(2)9-12(11)13(15)16-14(3,4)5;1-5-6-10-7-9(2)8-12(10,3)11(13)14-4/h11-17H,6-10H2,1-5H3;10-12H,6-9H2,1-5H3;9-10H,5-8H2,1-4H3. The summed E-state index contributed by atoms with van der Waals surface area (Å²) in [5.41, 5.74) is -0.909. The normalized spacial score (nSPS) is 38.2. The molecule has 2 bridgehead atoms. The average Bonchev–Trinajstić information content (AvgIpc) is 3.82. The number of fused-ring (bicyclic) bond motifs is 5. The van der Waals surface area contributed by atoms with E-state index in [9.17, 15) is 14.4 Å². The van der Waals surface area contributed by atoms with Gasteiger partial charge in [0.05, 0.1) is 24.4 Å². The predicted molar refractivity (Wildman–Crippen MR) is 208 cm³/mol. The number of esters is 3. The quantitative estimate of drug-likeness (QED) is 0.175. The number of hydrogen-bond donors (Lipinski definition) is 0. The van der Waals surface area contributed by atoms with Crippen molar-refractivity contribution < 1.29 is 28.6 Å². The van der Waals surface area contributed by atoms with Crippen LogP contribution in [-0.4, -0.2) is 36.2 Å². The molecule has 0 aliphatic heterocycles. The van der Waals surface area contributed by atoms with Gasteiger partial charge in [0.25, 0.3) is 0 Å². The fraction of sp³-hybridized carbons (Fsp3) is 0.933. The van der Waals surface area contributed by atoms with E-state index < -0.39 is 0 Å². The molecule has 5 aliphatic carbocycles. The molecule has 0 aromatic heterocycles. The molecule has 13 unspecified atom stereocenters. The van der Waals surface area contributed by atoms with E-state index in [4.69, 9.17) is 14.2 Å². The molecule has 5 rings (SSSR count). The first-order valence-electron chi connectivity index (χ1n) is 21.2. The van der Waals surface area contributed by atoms with E-state index in [-0.39, 0.29) is 46.4 Å². The lowest BCUT2D eigenvalue weighted by Gasteiger charge is -2.35. The van der Waals surface area contributed by atoms with Gasteiger partial charge in [-0.1, -0.05) is 67.2 Å². The monoisotopic (exact) mass is 717 g/mol. The molecule has 5 aliphatic rings. The molecule has 0 heterocycles. The molecule has 0 radical (unpaired) electrons. The number of carbonyl (C=O) groups is 3. The van der Waals surface area contributed by atoms with Gasteiger partial charge in [-0.2, -0.15) is 0 Å². The van der Waals surface area contributed by atoms with Crippen LogP contribution >= 0.6 is 0 Å². The Labute approximate surface area is 314 Å². The van der Waals surface area contributed by atoms with E-state index >= 15 is 0 Å². The van der Waals surface area contributed by atoms with Crippen LogP contribution in [0.15, 0.2) is 0 Å². The van der Waals surface area contributed by atoms with Gasteiger partial charge in [0.2, 0.25) is 0 Å². The van der Waals surface area contributed by atoms with Crippen molar-refractivity contribution in [1.29, 1.82) is 0 Å². The van der Waals surface area contributed by atoms with Crippen molar-refractivity contribution in [2.75, 3.05) is 7.11 Å². The zero-order valence-electron chi connectivity index (χ0n) is 35.6. The van der Waals surface area contributed by atoms with Crippen LogP contribution in [0.3, 0.4) is 0 Å². The van der Waals surface area contributed by atoms with E-state index in [1.165, 1.54) is 45.6 Å². The second-order valence-electron chi connectivity index (χ2n) is 20.2. The highest BCUT2D eigenvalue weighted by molar-refractivity contribution is 5.77. The van der Waals surface area contributed by atoms with Crippen LogP contribution in [0.2, 0.25) is 0 Å². The number of rotatable bonds is 9. The zero-order valence-corrected chi connectivity index (χ0v) is 35.6. The van der Waals surface area contributed by atoms with Crippen LogP contribution in [0.25, 0.3) is 0 Å². The lowest BCUT2D eigenvalue weighted by atomic mass is 9.71. The molecule has 0 aromatic carbocycles. The van der Waals surface area contributed by atoms with Crippen LogP contribution in [0.1, 0.15) is 173 Å². The first kappa shape index (κ1) is 43.8. The van der Waals surface area contributed by atoms with Crippen LogP contribution < -0.4 is 0 Å². The Morgan fingerprint density at radius 1 is 0.647 bits per heavy atom. The van der Waals surface area contributed by atoms with E-state index in [1.807, 2.05) is 41.5 Å². The third-order valence-electron chi connectivity index (χ3n) is 13.3. The molecule has 0 saturated heterocycles. The second-order valence-corrected chi connectivity index (χ2v) is 20.2. The van der Waals surface area contributed by atoms with Gasteiger partial charge >= 0.3 is 17.9 Å². The molecule has 0 N–H and O–H groups in total. The predicted octanol–water partition coefficient (Wildman–Crippen LogP) is 11.5. The highest BCUT2D eigenvalue weighted by Gasteiger charge is 2.61. The summed E-state index contributed by atoms with van der Waals surface area (Å²) in [6, 6.07) is 0. The molecule has 6 nitrogen and oxygen atoms in total. The van der Waals surface area contributed by atoms with Gasteiger partial charge in [-0.15, -0.1) is 0 Å². The summed E-state index contributed by atoms with van der Waals surface area (Å²) in [6.07, 6.45) is 15.4. The molecule has 6 heteroatoms. The molecule has 296 valence electrons. The summed E-state index contributed by atoms with van der Waals surface area (Å²) in [5, 5.41) is 0. The Bertz CT molecular complexity index is 1130. The third kappa shape index (κ3) is 11.2. The van der Waals surface area contributed by atoms with E-state index in [0.29, 0.717) is 29.6 Å². The SMILES string of the molecule is CCCC1CC(C)C2C3CC(C(=O)OC(C)(C)C)C(C3)C12.CCCC1CC(C)CC1(C)C(=O)OC.CCCC1CC(C)CC1C(=O)OC(C)(C)C. The van der Waals surface area contributed by atoms with Crippen molar-refractivity contribution >= 4 is 17.9 Å². The van der Waals surface area contributed by atoms with Crippen LogP contribution in [0, 0.1) is 76.4 Å². The summed E-state index contributed by atoms with van der Waals surface area (Å²) >= 11 is 0. The van der Waals surface area contributed by atoms with Crippen LogP contribution in [0.5, 0.6) is 0 Å². The van der Waals surface area contributed by atoms with Crippen LogP contribution in [0.4, 0.5) is 0 Å². The van der Waals surface area contributed by atoms with Crippen molar-refractivity contribution in [3.63, 3.8) is 0 Å². The van der Waals surface area contributed by atoms with Crippen molar-refractivity contribution in [3.8, 4) is 0 Å². The molecule has 0 amide bonds. The molecule has 13 atom stereocenters. The molecule has 0 aromatic rings. The largest absolute Gasteiger partial charge is 0.469 e. The number of ether oxygens (including phenoxy) is 3. The van der Waals surface area contributed by atoms with Crippen LogP contribution in [-0.2, 0) is 28.6 Å². The number of hydrogen-bond acceptors (Lipinski definition) is 6. The maximum absolute atomic E-state index is 12.6. The Balaban J connectivity index is 0.000000212. The fourth-order valence-electron chi connectivity index (χ4n) is 11.8. The number of methoxy groups -OCH3 is 1. The van der Waals surface area contributed by atoms with Gasteiger partial charge < -0.3 is 14.2 Å². The maximum atomic E-state index is 12.6. The van der Waals surface area contributed by atoms with Gasteiger partial charge in [0, 0.05) is 0 Å². The minimum Gasteiger partial charge on any atom is -0.469 e. The summed E-state index contributed by atoms with van der Waals surface area (Å²) < 4.78 is 16.1. The Kier molecular flexibility index (Phi) is 15.6. The lowest BCUT2D eigenvalue weighted by Crippen LogP contribution is -2.37. The van der Waals surface area contributed by atoms with Crippen molar-refractivity contribution in [1.82, 2.24) is 0 Å². The third-order valence-corrected chi connectivity index (χ3v) is 13.3.